The summed E-state index contributed by atoms with van der Waals surface area (Å²) in [5.74, 6) is 0. The second kappa shape index (κ2) is 8.03. The Labute approximate surface area is 166 Å². The fourth-order valence-electron chi connectivity index (χ4n) is 2.78. The third kappa shape index (κ3) is 4.98. The van der Waals surface area contributed by atoms with E-state index in [9.17, 15) is 8.42 Å². The molecule has 2 aromatic heterocycles. The van der Waals surface area contributed by atoms with Crippen molar-refractivity contribution < 1.29 is 17.3 Å². The second-order valence-electron chi connectivity index (χ2n) is 7.77. The van der Waals surface area contributed by atoms with Crippen LogP contribution in [0.4, 0.5) is 0 Å². The number of hydrogen-bond donors (Lipinski definition) is 0. The zero-order chi connectivity index (χ0) is 20.4. The highest BCUT2D eigenvalue weighted by Crippen LogP contribution is 2.22. The van der Waals surface area contributed by atoms with Crippen LogP contribution in [0.25, 0.3) is 11.0 Å². The van der Waals surface area contributed by atoms with Gasteiger partial charge in [-0.05, 0) is 58.0 Å². The van der Waals surface area contributed by atoms with Gasteiger partial charge < -0.3 is 9.30 Å². The van der Waals surface area contributed by atoms with Crippen LogP contribution in [0.1, 0.15) is 32.4 Å². The van der Waals surface area contributed by atoms with Crippen LogP contribution in [0.5, 0.6) is 0 Å². The number of aryl methyl sites for hydroxylation is 1. The molecular weight excluding hydrogens is 376 g/mol. The van der Waals surface area contributed by atoms with Crippen molar-refractivity contribution in [3.63, 3.8) is 0 Å². The highest BCUT2D eigenvalue weighted by atomic mass is 32.2. The van der Waals surface area contributed by atoms with E-state index in [1.54, 1.807) is 30.5 Å². The van der Waals surface area contributed by atoms with E-state index in [1.165, 1.54) is 0 Å². The number of nitrogens with zero attached hydrogens (tertiary/aromatic N) is 2. The summed E-state index contributed by atoms with van der Waals surface area (Å²) in [5.41, 5.74) is 1.39. The van der Waals surface area contributed by atoms with Crippen molar-refractivity contribution in [1.82, 2.24) is 9.55 Å². The molecule has 7 heteroatoms. The third-order valence-corrected chi connectivity index (χ3v) is 5.60. The Morgan fingerprint density at radius 3 is 2.46 bits per heavy atom. The van der Waals surface area contributed by atoms with E-state index >= 15 is 0 Å². The van der Waals surface area contributed by atoms with Gasteiger partial charge in [0.05, 0.1) is 29.8 Å². The summed E-state index contributed by atoms with van der Waals surface area (Å²) in [6, 6.07) is 12.0. The average Bonchev–Trinajstić information content (AvgIpc) is 3.05. The maximum absolute atomic E-state index is 12.6. The van der Waals surface area contributed by atoms with E-state index in [-0.39, 0.29) is 23.1 Å². The lowest BCUT2D eigenvalue weighted by Crippen LogP contribution is -2.28. The maximum atomic E-state index is 12.6. The van der Waals surface area contributed by atoms with Gasteiger partial charge in [-0.15, -0.1) is 0 Å². The van der Waals surface area contributed by atoms with Crippen LogP contribution in [-0.4, -0.2) is 36.8 Å². The van der Waals surface area contributed by atoms with Crippen molar-refractivity contribution >= 4 is 21.2 Å². The van der Waals surface area contributed by atoms with Crippen LogP contribution >= 0.6 is 0 Å². The monoisotopic (exact) mass is 402 g/mol. The van der Waals surface area contributed by atoms with E-state index in [1.807, 2.05) is 56.7 Å². The van der Waals surface area contributed by atoms with E-state index in [4.69, 9.17) is 8.92 Å². The van der Waals surface area contributed by atoms with Gasteiger partial charge in [0.15, 0.2) is 0 Å². The first-order chi connectivity index (χ1) is 13.2. The zero-order valence-corrected chi connectivity index (χ0v) is 17.4. The summed E-state index contributed by atoms with van der Waals surface area (Å²) in [4.78, 5) is 4.56. The smallest absolute Gasteiger partial charge is 0.297 e. The second-order valence-corrected chi connectivity index (χ2v) is 9.38. The Bertz CT molecular complexity index is 1030. The molecule has 0 fully saturated rings. The van der Waals surface area contributed by atoms with Gasteiger partial charge in [-0.2, -0.15) is 8.42 Å². The average molecular weight is 403 g/mol. The van der Waals surface area contributed by atoms with E-state index < -0.39 is 10.1 Å². The largest absolute Gasteiger partial charge is 0.374 e. The minimum Gasteiger partial charge on any atom is -0.374 e. The molecule has 0 radical (unpaired) electrons. The van der Waals surface area contributed by atoms with Crippen molar-refractivity contribution in [2.24, 2.45) is 0 Å². The maximum Gasteiger partial charge on any atom is 0.297 e. The molecule has 0 aliphatic carbocycles. The molecule has 0 bridgehead atoms. The van der Waals surface area contributed by atoms with E-state index in [0.717, 1.165) is 16.6 Å². The van der Waals surface area contributed by atoms with Crippen LogP contribution in [-0.2, 0) is 19.0 Å². The number of aromatic nitrogens is 2. The molecule has 1 unspecified atom stereocenters. The molecule has 3 aromatic rings. The quantitative estimate of drug-likeness (QED) is 0.556. The Morgan fingerprint density at radius 2 is 1.79 bits per heavy atom. The number of pyridine rings is 1. The van der Waals surface area contributed by atoms with Gasteiger partial charge in [-0.3, -0.25) is 4.18 Å². The van der Waals surface area contributed by atoms with E-state index in [0.29, 0.717) is 6.61 Å². The molecule has 3 rings (SSSR count). The summed E-state index contributed by atoms with van der Waals surface area (Å²) >= 11 is 0. The van der Waals surface area contributed by atoms with Crippen LogP contribution in [0.15, 0.2) is 59.8 Å². The summed E-state index contributed by atoms with van der Waals surface area (Å²) in [7, 11) is -3.86. The summed E-state index contributed by atoms with van der Waals surface area (Å²) in [6.07, 6.45) is 3.60. The standard InChI is InChI=1S/C21H26N2O4S/c1-16-7-9-19(10-8-16)28(24,25)27-15-18(14-26-21(2,3)4)23-13-11-17-6-5-12-22-20(17)23/h5-13,18H,14-15H2,1-4H3. The van der Waals surface area contributed by atoms with Gasteiger partial charge in [0.2, 0.25) is 0 Å². The fraction of sp³-hybridized carbons (Fsp3) is 0.381. The summed E-state index contributed by atoms with van der Waals surface area (Å²) < 4.78 is 38.4. The minimum absolute atomic E-state index is 0.0490. The third-order valence-electron chi connectivity index (χ3n) is 4.30. The zero-order valence-electron chi connectivity index (χ0n) is 16.6. The Morgan fingerprint density at radius 1 is 1.07 bits per heavy atom. The first kappa shape index (κ1) is 20.5. The number of rotatable bonds is 7. The lowest BCUT2D eigenvalue weighted by molar-refractivity contribution is -0.0251. The molecule has 150 valence electrons. The van der Waals surface area contributed by atoms with Gasteiger partial charge in [0, 0.05) is 17.8 Å². The number of benzene rings is 1. The molecule has 0 aliphatic heterocycles. The van der Waals surface area contributed by atoms with E-state index in [2.05, 4.69) is 4.98 Å². The normalized spacial score (nSPS) is 13.7. The highest BCUT2D eigenvalue weighted by Gasteiger charge is 2.23. The molecule has 1 aromatic carbocycles. The van der Waals surface area contributed by atoms with Gasteiger partial charge >= 0.3 is 0 Å². The van der Waals surface area contributed by atoms with Gasteiger partial charge in [-0.1, -0.05) is 17.7 Å². The van der Waals surface area contributed by atoms with Gasteiger partial charge in [-0.25, -0.2) is 4.98 Å². The molecule has 2 heterocycles. The molecule has 0 aliphatic rings. The Kier molecular flexibility index (Phi) is 5.88. The number of hydrogen-bond acceptors (Lipinski definition) is 5. The SMILES string of the molecule is Cc1ccc(S(=O)(=O)OCC(COC(C)(C)C)n2ccc3cccnc32)cc1. The van der Waals surface area contributed by atoms with Crippen molar-refractivity contribution in [2.45, 2.75) is 44.2 Å². The van der Waals surface area contributed by atoms with Crippen molar-refractivity contribution in [2.75, 3.05) is 13.2 Å². The molecular formula is C21H26N2O4S. The molecule has 1 atom stereocenters. The summed E-state index contributed by atoms with van der Waals surface area (Å²) in [6.45, 7) is 8.03. The molecule has 0 N–H and O–H groups in total. The Balaban J connectivity index is 1.84. The molecule has 28 heavy (non-hydrogen) atoms. The molecule has 0 spiro atoms. The summed E-state index contributed by atoms with van der Waals surface area (Å²) in [5, 5.41) is 0.977. The Hall–Kier alpha value is -2.22. The topological polar surface area (TPSA) is 70.4 Å². The molecule has 6 nitrogen and oxygen atoms in total. The van der Waals surface area contributed by atoms with Crippen LogP contribution in [0.3, 0.4) is 0 Å². The van der Waals surface area contributed by atoms with Crippen molar-refractivity contribution in [1.29, 1.82) is 0 Å². The molecule has 0 saturated heterocycles. The lowest BCUT2D eigenvalue weighted by atomic mass is 10.2. The predicted molar refractivity (Wildman–Crippen MR) is 109 cm³/mol. The van der Waals surface area contributed by atoms with Crippen molar-refractivity contribution in [3.8, 4) is 0 Å². The van der Waals surface area contributed by atoms with Crippen molar-refractivity contribution in [3.05, 3.63) is 60.4 Å². The highest BCUT2D eigenvalue weighted by molar-refractivity contribution is 7.86. The van der Waals surface area contributed by atoms with Crippen LogP contribution < -0.4 is 0 Å². The minimum atomic E-state index is -3.86. The van der Waals surface area contributed by atoms with Gasteiger partial charge in [0.25, 0.3) is 10.1 Å². The lowest BCUT2D eigenvalue weighted by Gasteiger charge is -2.25. The predicted octanol–water partition coefficient (Wildman–Crippen LogP) is 4.11. The first-order valence-corrected chi connectivity index (χ1v) is 10.6. The van der Waals surface area contributed by atoms with Gasteiger partial charge in [0.1, 0.15) is 5.65 Å². The number of ether oxygens (including phenoxy) is 1. The fourth-order valence-corrected chi connectivity index (χ4v) is 3.72. The van der Waals surface area contributed by atoms with Crippen LogP contribution in [0.2, 0.25) is 0 Å². The first-order valence-electron chi connectivity index (χ1n) is 9.17. The molecule has 0 saturated carbocycles. The molecule has 0 amide bonds. The van der Waals surface area contributed by atoms with Crippen LogP contribution in [0, 0.1) is 6.92 Å². The number of fused-ring (bicyclic) bond motifs is 1.